The SMILES string of the molecule is CNCCCc1cc(C(O)(c2ccc(OC)cc2)c2ccc(OC)cc2)ccc1OC.O=C(O)C(F)(F)F. The third kappa shape index (κ3) is 7.62. The van der Waals surface area contributed by atoms with Crippen LogP contribution in [0.15, 0.2) is 66.7 Å². The van der Waals surface area contributed by atoms with Crippen LogP contribution < -0.4 is 19.5 Å². The average molecular weight is 536 g/mol. The summed E-state index contributed by atoms with van der Waals surface area (Å²) in [5.74, 6) is -0.453. The first-order chi connectivity index (χ1) is 18.0. The largest absolute Gasteiger partial charge is 0.497 e. The number of ether oxygens (including phenoxy) is 3. The number of carboxylic acid groups (broad SMARTS) is 1. The smallest absolute Gasteiger partial charge is 0.490 e. The van der Waals surface area contributed by atoms with Gasteiger partial charge < -0.3 is 29.7 Å². The van der Waals surface area contributed by atoms with Gasteiger partial charge in [-0.1, -0.05) is 30.3 Å². The lowest BCUT2D eigenvalue weighted by molar-refractivity contribution is -0.192. The molecule has 0 aromatic heterocycles. The van der Waals surface area contributed by atoms with Crippen LogP contribution in [0.5, 0.6) is 17.2 Å². The van der Waals surface area contributed by atoms with E-state index in [1.54, 1.807) is 21.3 Å². The summed E-state index contributed by atoms with van der Waals surface area (Å²) in [5.41, 5.74) is 2.01. The summed E-state index contributed by atoms with van der Waals surface area (Å²) in [4.78, 5) is 8.90. The fourth-order valence-corrected chi connectivity index (χ4v) is 3.82. The van der Waals surface area contributed by atoms with Gasteiger partial charge in [0.15, 0.2) is 0 Å². The maximum Gasteiger partial charge on any atom is 0.490 e. The molecule has 3 aromatic rings. The molecule has 3 N–H and O–H groups in total. The van der Waals surface area contributed by atoms with Gasteiger partial charge in [0.1, 0.15) is 22.8 Å². The van der Waals surface area contributed by atoms with E-state index < -0.39 is 17.7 Å². The van der Waals surface area contributed by atoms with Gasteiger partial charge in [0.2, 0.25) is 0 Å². The summed E-state index contributed by atoms with van der Waals surface area (Å²) < 4.78 is 47.9. The minimum absolute atomic E-state index is 0.739. The van der Waals surface area contributed by atoms with Crippen molar-refractivity contribution in [1.82, 2.24) is 5.32 Å². The van der Waals surface area contributed by atoms with Gasteiger partial charge in [0.25, 0.3) is 0 Å². The van der Waals surface area contributed by atoms with Crippen LogP contribution in [0.2, 0.25) is 0 Å². The van der Waals surface area contributed by atoms with Crippen molar-refractivity contribution in [2.75, 3.05) is 34.9 Å². The molecule has 0 fully saturated rings. The molecule has 0 bridgehead atoms. The molecule has 0 atom stereocenters. The minimum atomic E-state index is -5.08. The first-order valence-electron chi connectivity index (χ1n) is 11.6. The van der Waals surface area contributed by atoms with Crippen LogP contribution in [0.1, 0.15) is 28.7 Å². The van der Waals surface area contributed by atoms with Crippen molar-refractivity contribution in [2.24, 2.45) is 0 Å². The number of carboxylic acids is 1. The Morgan fingerprint density at radius 1 is 0.816 bits per heavy atom. The lowest BCUT2D eigenvalue weighted by Gasteiger charge is -2.31. The summed E-state index contributed by atoms with van der Waals surface area (Å²) in [7, 11) is 6.88. The molecular formula is C28H32F3NO6. The molecule has 38 heavy (non-hydrogen) atoms. The van der Waals surface area contributed by atoms with Gasteiger partial charge in [-0.05, 0) is 85.1 Å². The van der Waals surface area contributed by atoms with Crippen LogP contribution >= 0.6 is 0 Å². The third-order valence-electron chi connectivity index (χ3n) is 5.83. The zero-order chi connectivity index (χ0) is 28.3. The van der Waals surface area contributed by atoms with Crippen molar-refractivity contribution in [3.63, 3.8) is 0 Å². The molecule has 0 radical (unpaired) electrons. The monoisotopic (exact) mass is 535 g/mol. The molecule has 3 aromatic carbocycles. The molecule has 0 amide bonds. The van der Waals surface area contributed by atoms with E-state index in [1.807, 2.05) is 73.8 Å². The molecule has 0 heterocycles. The molecule has 0 unspecified atom stereocenters. The van der Waals surface area contributed by atoms with Gasteiger partial charge >= 0.3 is 12.1 Å². The summed E-state index contributed by atoms with van der Waals surface area (Å²) in [5, 5.41) is 22.5. The van der Waals surface area contributed by atoms with Crippen LogP contribution in [-0.2, 0) is 16.8 Å². The molecule has 3 rings (SSSR count). The van der Waals surface area contributed by atoms with E-state index in [9.17, 15) is 18.3 Å². The molecule has 0 aliphatic carbocycles. The second-order valence-corrected chi connectivity index (χ2v) is 8.20. The number of alkyl halides is 3. The fraction of sp³-hybridized carbons (Fsp3) is 0.321. The van der Waals surface area contributed by atoms with Gasteiger partial charge in [-0.2, -0.15) is 13.2 Å². The normalized spacial score (nSPS) is 11.3. The topological polar surface area (TPSA) is 97.3 Å². The van der Waals surface area contributed by atoms with Crippen molar-refractivity contribution in [2.45, 2.75) is 24.6 Å². The molecule has 0 saturated heterocycles. The number of aliphatic carboxylic acids is 1. The van der Waals surface area contributed by atoms with E-state index in [-0.39, 0.29) is 0 Å². The number of hydrogen-bond donors (Lipinski definition) is 3. The summed E-state index contributed by atoms with van der Waals surface area (Å²) in [6.45, 7) is 0.911. The van der Waals surface area contributed by atoms with Crippen LogP contribution in [0, 0.1) is 0 Å². The Labute approximate surface area is 219 Å². The number of nitrogens with one attached hydrogen (secondary N) is 1. The predicted octanol–water partition coefficient (Wildman–Crippen LogP) is 4.78. The molecular weight excluding hydrogens is 503 g/mol. The molecule has 206 valence electrons. The van der Waals surface area contributed by atoms with E-state index in [0.29, 0.717) is 0 Å². The van der Waals surface area contributed by atoms with Crippen LogP contribution in [0.25, 0.3) is 0 Å². The lowest BCUT2D eigenvalue weighted by atomic mass is 9.79. The zero-order valence-corrected chi connectivity index (χ0v) is 21.6. The number of carbonyl (C=O) groups is 1. The summed E-state index contributed by atoms with van der Waals surface area (Å²) in [6.07, 6.45) is -3.26. The predicted molar refractivity (Wildman–Crippen MR) is 137 cm³/mol. The standard InChI is InChI=1S/C26H31NO4.C2HF3O2/c1-27-17-5-6-19-18-22(11-16-25(19)31-4)26(28,20-7-12-23(29-2)13-8-20)21-9-14-24(30-3)15-10-21;3-2(4,5)1(6)7/h7-16,18,27-28H,5-6,17H2,1-4H3;(H,6,7). The van der Waals surface area contributed by atoms with Crippen molar-refractivity contribution in [3.8, 4) is 17.2 Å². The minimum Gasteiger partial charge on any atom is -0.497 e. The molecule has 0 aliphatic heterocycles. The van der Waals surface area contributed by atoms with Crippen molar-refractivity contribution < 1.29 is 42.4 Å². The lowest BCUT2D eigenvalue weighted by Crippen LogP contribution is -2.29. The quantitative estimate of drug-likeness (QED) is 0.254. The highest BCUT2D eigenvalue weighted by Crippen LogP contribution is 2.39. The zero-order valence-electron chi connectivity index (χ0n) is 21.6. The Balaban J connectivity index is 0.000000638. The highest BCUT2D eigenvalue weighted by Gasteiger charge is 2.38. The molecule has 0 aliphatic rings. The Kier molecular flexibility index (Phi) is 11.0. The Bertz CT molecular complexity index is 1120. The number of aliphatic hydroxyl groups is 1. The van der Waals surface area contributed by atoms with E-state index in [2.05, 4.69) is 5.32 Å². The van der Waals surface area contributed by atoms with E-state index in [1.165, 1.54) is 0 Å². The van der Waals surface area contributed by atoms with Gasteiger partial charge in [-0.25, -0.2) is 4.79 Å². The van der Waals surface area contributed by atoms with Crippen molar-refractivity contribution in [1.29, 1.82) is 0 Å². The van der Waals surface area contributed by atoms with Gasteiger partial charge in [0.05, 0.1) is 21.3 Å². The maximum absolute atomic E-state index is 12.2. The van der Waals surface area contributed by atoms with Crippen LogP contribution in [-0.4, -0.2) is 57.3 Å². The first-order valence-corrected chi connectivity index (χ1v) is 11.6. The van der Waals surface area contributed by atoms with Crippen molar-refractivity contribution >= 4 is 5.97 Å². The first kappa shape index (κ1) is 30.5. The Morgan fingerprint density at radius 2 is 1.26 bits per heavy atom. The fourth-order valence-electron chi connectivity index (χ4n) is 3.82. The van der Waals surface area contributed by atoms with E-state index in [4.69, 9.17) is 24.1 Å². The number of halogens is 3. The highest BCUT2D eigenvalue weighted by molar-refractivity contribution is 5.73. The number of aryl methyl sites for hydroxylation is 1. The van der Waals surface area contributed by atoms with Crippen LogP contribution in [0.3, 0.4) is 0 Å². The second-order valence-electron chi connectivity index (χ2n) is 8.20. The van der Waals surface area contributed by atoms with E-state index in [0.717, 1.165) is 58.9 Å². The molecule has 7 nitrogen and oxygen atoms in total. The van der Waals surface area contributed by atoms with Gasteiger partial charge in [-0.15, -0.1) is 0 Å². The third-order valence-corrected chi connectivity index (χ3v) is 5.83. The van der Waals surface area contributed by atoms with Gasteiger partial charge in [-0.3, -0.25) is 0 Å². The summed E-state index contributed by atoms with van der Waals surface area (Å²) >= 11 is 0. The number of rotatable bonds is 10. The number of benzene rings is 3. The Hall–Kier alpha value is -3.76. The Morgan fingerprint density at radius 3 is 1.63 bits per heavy atom. The van der Waals surface area contributed by atoms with Crippen molar-refractivity contribution in [3.05, 3.63) is 89.0 Å². The molecule has 0 spiro atoms. The van der Waals surface area contributed by atoms with Crippen LogP contribution in [0.4, 0.5) is 13.2 Å². The van der Waals surface area contributed by atoms with E-state index >= 15 is 0 Å². The molecule has 0 saturated carbocycles. The maximum atomic E-state index is 12.2. The van der Waals surface area contributed by atoms with Gasteiger partial charge in [0, 0.05) is 0 Å². The second kappa shape index (κ2) is 13.7. The average Bonchev–Trinajstić information content (AvgIpc) is 2.92. The molecule has 10 heteroatoms. The number of methoxy groups -OCH3 is 3. The summed E-state index contributed by atoms with van der Waals surface area (Å²) in [6, 6.07) is 20.9. The highest BCUT2D eigenvalue weighted by atomic mass is 19.4. The number of hydrogen-bond acceptors (Lipinski definition) is 6.